The van der Waals surface area contributed by atoms with Crippen molar-refractivity contribution in [1.29, 1.82) is 0 Å². The molecule has 0 saturated carbocycles. The number of nitrogens with one attached hydrogen (secondary N) is 2. The molecule has 2 aliphatic heterocycles. The van der Waals surface area contributed by atoms with Crippen LogP contribution < -0.4 is 16.4 Å². The van der Waals surface area contributed by atoms with Crippen LogP contribution in [0.25, 0.3) is 11.2 Å². The largest absolute Gasteiger partial charge is 0.481 e. The Morgan fingerprint density at radius 3 is 2.12 bits per heavy atom. The molecule has 0 spiro atoms. The number of nitrogens with two attached hydrogens (primary N) is 1. The van der Waals surface area contributed by atoms with E-state index in [-0.39, 0.29) is 48.2 Å². The number of phosphoric acid groups is 3. The van der Waals surface area contributed by atoms with Crippen molar-refractivity contribution in [3.63, 3.8) is 0 Å². The Kier molecular flexibility index (Phi) is 24.0. The first-order valence-corrected chi connectivity index (χ1v) is 28.3. The van der Waals surface area contributed by atoms with Crippen molar-refractivity contribution in [2.24, 2.45) is 5.41 Å². The lowest BCUT2D eigenvalue weighted by molar-refractivity contribution is -0.137. The first kappa shape index (κ1) is 59.0. The highest BCUT2D eigenvalue weighted by atomic mass is 32.2. The molecule has 4 unspecified atom stereocenters. The molecule has 394 valence electrons. The summed E-state index contributed by atoms with van der Waals surface area (Å²) in [5.74, 6) is -1.06. The van der Waals surface area contributed by atoms with Crippen molar-refractivity contribution in [2.75, 3.05) is 44.4 Å². The number of epoxide rings is 1. The Hall–Kier alpha value is -2.52. The minimum Gasteiger partial charge on any atom is -0.396 e. The number of amides is 2. The van der Waals surface area contributed by atoms with Gasteiger partial charge in [-0.25, -0.2) is 28.6 Å². The third-order valence-electron chi connectivity index (χ3n) is 11.2. The Balaban J connectivity index is 1.05. The lowest BCUT2D eigenvalue weighted by Crippen LogP contribution is -2.46. The summed E-state index contributed by atoms with van der Waals surface area (Å²) in [6.45, 7) is 0.807. The second kappa shape index (κ2) is 28.1. The predicted octanol–water partition coefficient (Wildman–Crippen LogP) is 2.89. The number of carbonyl (C=O) groups excluding carboxylic acids is 3. The van der Waals surface area contributed by atoms with Crippen molar-refractivity contribution in [1.82, 2.24) is 30.2 Å². The second-order valence-electron chi connectivity index (χ2n) is 17.4. The normalized spacial score (nSPS) is 22.8. The zero-order valence-corrected chi connectivity index (χ0v) is 42.2. The number of thioether (sulfide) groups is 1. The third kappa shape index (κ3) is 20.9. The summed E-state index contributed by atoms with van der Waals surface area (Å²) in [6.07, 6.45) is 8.43. The highest BCUT2D eigenvalue weighted by Gasteiger charge is 2.50. The molecule has 0 aromatic carbocycles. The van der Waals surface area contributed by atoms with Crippen LogP contribution in [-0.2, 0) is 55.4 Å². The van der Waals surface area contributed by atoms with Crippen molar-refractivity contribution >= 4 is 69.1 Å². The van der Waals surface area contributed by atoms with Gasteiger partial charge in [0, 0.05) is 43.7 Å². The molecule has 2 aromatic heterocycles. The Morgan fingerprint density at radius 1 is 0.841 bits per heavy atom. The van der Waals surface area contributed by atoms with Gasteiger partial charge >= 0.3 is 23.5 Å². The maximum Gasteiger partial charge on any atom is 0.481 e. The average Bonchev–Trinajstić information content (AvgIpc) is 3.76. The predicted molar refractivity (Wildman–Crippen MR) is 247 cm³/mol. The number of anilines is 1. The summed E-state index contributed by atoms with van der Waals surface area (Å²) in [5, 5.41) is 35.5. The summed E-state index contributed by atoms with van der Waals surface area (Å²) in [5.41, 5.74) is 4.27. The molecule has 11 N–H and O–H groups in total. The summed E-state index contributed by atoms with van der Waals surface area (Å²) in [7, 11) is -16.4. The van der Waals surface area contributed by atoms with Crippen LogP contribution in [0.15, 0.2) is 12.7 Å². The van der Waals surface area contributed by atoms with Crippen LogP contribution in [0, 0.1) is 5.41 Å². The fourth-order valence-electron chi connectivity index (χ4n) is 7.36. The molecule has 26 nitrogen and oxygen atoms in total. The number of hydrogen-bond acceptors (Lipinski definition) is 20. The van der Waals surface area contributed by atoms with E-state index in [4.69, 9.17) is 29.4 Å². The Labute approximate surface area is 404 Å². The first-order valence-electron chi connectivity index (χ1n) is 22.8. The lowest BCUT2D eigenvalue weighted by Gasteiger charge is -2.30. The molecule has 2 amide bonds. The third-order valence-corrected chi connectivity index (χ3v) is 15.3. The van der Waals surface area contributed by atoms with Gasteiger partial charge in [0.25, 0.3) is 0 Å². The fraction of sp³-hybridized carbons (Fsp3) is 0.795. The maximum atomic E-state index is 12.7. The van der Waals surface area contributed by atoms with Gasteiger partial charge in [0.05, 0.1) is 31.7 Å². The van der Waals surface area contributed by atoms with E-state index in [2.05, 4.69) is 34.4 Å². The van der Waals surface area contributed by atoms with Gasteiger partial charge in [0.1, 0.15) is 36.3 Å². The number of aromatic nitrogens is 4. The van der Waals surface area contributed by atoms with Crippen molar-refractivity contribution in [2.45, 2.75) is 153 Å². The van der Waals surface area contributed by atoms with Crippen LogP contribution in [0.1, 0.15) is 116 Å². The van der Waals surface area contributed by atoms with Gasteiger partial charge in [0.15, 0.2) is 22.8 Å². The van der Waals surface area contributed by atoms with E-state index in [9.17, 15) is 57.9 Å². The number of aliphatic hydroxyl groups is 3. The van der Waals surface area contributed by atoms with E-state index in [1.165, 1.54) is 39.5 Å². The lowest BCUT2D eigenvalue weighted by atomic mass is 9.87. The molecule has 2 aromatic rings. The van der Waals surface area contributed by atoms with Gasteiger partial charge in [-0.1, -0.05) is 83.4 Å². The molecule has 9 atom stereocenters. The minimum absolute atomic E-state index is 0.0305. The molecule has 30 heteroatoms. The van der Waals surface area contributed by atoms with Gasteiger partial charge in [-0.3, -0.25) is 32.5 Å². The quantitative estimate of drug-likeness (QED) is 0.0269. The standard InChI is InChI=1S/C39H68N7O19P3S/c1-39(2,23-61-68(58,59)65-67(56,57)60-22-28-33(64-66(53,54)55)32(50)38(63-28)46-25-45-31-35(40)43-24-44-36(31)46)34(51)37(52)42-18-17-29(48)41-19-21-69-30(49)16-12-8-5-7-11-15-27-26(62-27)14-10-6-3-4-9-13-20-47/h24-28,32-34,38,47,50-51H,3-23H2,1-2H3,(H,41,48)(H,42,52)(H,56,57)(H,58,59)(H2,40,43,44)(H2,53,54,55)/t26?,27?,28-,32-,33-,34+,38-/m1/s1. The second-order valence-corrected chi connectivity index (χ2v) is 22.8. The molecular formula is C39H68N7O19P3S. The van der Waals surface area contributed by atoms with E-state index in [1.807, 2.05) is 0 Å². The number of nitrogen functional groups attached to an aromatic ring is 1. The monoisotopic (exact) mass is 1060 g/mol. The van der Waals surface area contributed by atoms with E-state index in [0.29, 0.717) is 24.4 Å². The number of unbranched alkanes of at least 4 members (excludes halogenated alkanes) is 9. The number of aliphatic hydroxyl groups excluding tert-OH is 3. The number of nitrogens with zero attached hydrogens (tertiary/aromatic N) is 4. The minimum atomic E-state index is -5.58. The maximum absolute atomic E-state index is 12.7. The summed E-state index contributed by atoms with van der Waals surface area (Å²) in [4.78, 5) is 88.4. The molecule has 2 fully saturated rings. The molecular weight excluding hydrogens is 995 g/mol. The molecule has 4 rings (SSSR count). The van der Waals surface area contributed by atoms with Crippen LogP contribution in [0.5, 0.6) is 0 Å². The molecule has 69 heavy (non-hydrogen) atoms. The van der Waals surface area contributed by atoms with Gasteiger partial charge in [-0.2, -0.15) is 4.31 Å². The highest BCUT2D eigenvalue weighted by molar-refractivity contribution is 8.13. The van der Waals surface area contributed by atoms with Gasteiger partial charge in [0.2, 0.25) is 11.8 Å². The van der Waals surface area contributed by atoms with Crippen molar-refractivity contribution < 1.29 is 90.3 Å². The number of ether oxygens (including phenoxy) is 2. The number of rotatable bonds is 35. The molecule has 0 radical (unpaired) electrons. The Morgan fingerprint density at radius 2 is 1.46 bits per heavy atom. The molecule has 4 heterocycles. The van der Waals surface area contributed by atoms with Crippen LogP contribution in [-0.4, -0.2) is 147 Å². The van der Waals surface area contributed by atoms with Crippen LogP contribution in [0.3, 0.4) is 0 Å². The zero-order chi connectivity index (χ0) is 50.8. The van der Waals surface area contributed by atoms with Crippen molar-refractivity contribution in [3.05, 3.63) is 12.7 Å². The average molecular weight is 1060 g/mol. The smallest absolute Gasteiger partial charge is 0.396 e. The van der Waals surface area contributed by atoms with Crippen LogP contribution in [0.2, 0.25) is 0 Å². The van der Waals surface area contributed by atoms with Crippen LogP contribution >= 0.6 is 35.2 Å². The van der Waals surface area contributed by atoms with E-state index < -0.39 is 84.6 Å². The Bertz CT molecular complexity index is 2100. The summed E-state index contributed by atoms with van der Waals surface area (Å²) >= 11 is 1.14. The van der Waals surface area contributed by atoms with Crippen molar-refractivity contribution in [3.8, 4) is 0 Å². The topological polar surface area (TPSA) is 396 Å². The number of fused-ring (bicyclic) bond motifs is 1. The summed E-state index contributed by atoms with van der Waals surface area (Å²) < 4.78 is 68.2. The fourth-order valence-corrected chi connectivity index (χ4v) is 10.9. The molecule has 2 aliphatic rings. The van der Waals surface area contributed by atoms with E-state index >= 15 is 0 Å². The number of imidazole rings is 1. The number of phosphoric ester groups is 3. The number of hydrogen-bond donors (Lipinski definition) is 10. The SMILES string of the molecule is CC(C)(COP(=O)(O)OP(=O)(O)OC[C@H]1O[C@@H](n2cnc3c(N)ncnc32)[C@H](O)[C@@H]1OP(=O)(O)O)[C@@H](O)C(=O)NCCC(=O)NCCSC(=O)CCCCCCCC1OC1CCCCCCCCO. The zero-order valence-electron chi connectivity index (χ0n) is 38.7. The molecule has 0 aliphatic carbocycles. The highest BCUT2D eigenvalue weighted by Crippen LogP contribution is 2.61. The van der Waals surface area contributed by atoms with Gasteiger partial charge < -0.3 is 60.7 Å². The number of carbonyl (C=O) groups is 3. The molecule has 0 bridgehead atoms. The van der Waals surface area contributed by atoms with Crippen LogP contribution in [0.4, 0.5) is 5.82 Å². The molecule has 2 saturated heterocycles. The van der Waals surface area contributed by atoms with Gasteiger partial charge in [-0.15, -0.1) is 0 Å². The van der Waals surface area contributed by atoms with Gasteiger partial charge in [-0.05, 0) is 25.7 Å². The summed E-state index contributed by atoms with van der Waals surface area (Å²) in [6, 6.07) is 0. The first-order chi connectivity index (χ1) is 32.5. The van der Waals surface area contributed by atoms with E-state index in [1.54, 1.807) is 0 Å². The van der Waals surface area contributed by atoms with E-state index in [0.717, 1.165) is 86.8 Å².